The molecule has 2 rings (SSSR count). The van der Waals surface area contributed by atoms with Crippen molar-refractivity contribution in [1.82, 2.24) is 10.2 Å². The Kier molecular flexibility index (Phi) is 3.30. The average molecular weight is 212 g/mol. The van der Waals surface area contributed by atoms with Crippen LogP contribution in [0.4, 0.5) is 0 Å². The summed E-state index contributed by atoms with van der Waals surface area (Å²) in [5.41, 5.74) is 3.77. The molecule has 0 amide bonds. The van der Waals surface area contributed by atoms with Crippen molar-refractivity contribution in [3.63, 3.8) is 0 Å². The van der Waals surface area contributed by atoms with Crippen LogP contribution in [0.25, 0.3) is 0 Å². The Morgan fingerprint density at radius 3 is 2.62 bits per heavy atom. The fourth-order valence-electron chi connectivity index (χ4n) is 1.98. The van der Waals surface area contributed by atoms with E-state index in [9.17, 15) is 0 Å². The van der Waals surface area contributed by atoms with E-state index >= 15 is 0 Å². The molecule has 0 N–H and O–H groups in total. The highest BCUT2D eigenvalue weighted by Crippen LogP contribution is 2.25. The van der Waals surface area contributed by atoms with Crippen molar-refractivity contribution in [3.8, 4) is 0 Å². The number of benzene rings is 1. The molecule has 1 unspecified atom stereocenters. The highest BCUT2D eigenvalue weighted by atomic mass is 15.1. The molecule has 0 aliphatic heterocycles. The van der Waals surface area contributed by atoms with Crippen LogP contribution in [0, 0.1) is 0 Å². The van der Waals surface area contributed by atoms with Crippen LogP contribution in [0.5, 0.6) is 0 Å². The van der Waals surface area contributed by atoms with Crippen LogP contribution in [-0.2, 0) is 6.42 Å². The van der Waals surface area contributed by atoms with Gasteiger partial charge in [-0.15, -0.1) is 0 Å². The predicted octanol–water partition coefficient (Wildman–Crippen LogP) is 3.19. The molecule has 82 valence electrons. The maximum Gasteiger partial charge on any atom is 0.0703 e. The van der Waals surface area contributed by atoms with E-state index in [0.29, 0.717) is 5.92 Å². The van der Waals surface area contributed by atoms with E-state index in [4.69, 9.17) is 0 Å². The highest BCUT2D eigenvalue weighted by Gasteiger charge is 2.12. The van der Waals surface area contributed by atoms with Crippen molar-refractivity contribution in [2.24, 2.45) is 0 Å². The summed E-state index contributed by atoms with van der Waals surface area (Å²) in [6, 6.07) is 12.5. The first kappa shape index (κ1) is 10.8. The Morgan fingerprint density at radius 1 is 1.12 bits per heavy atom. The number of aryl methyl sites for hydroxylation is 1. The molecule has 16 heavy (non-hydrogen) atoms. The summed E-state index contributed by atoms with van der Waals surface area (Å²) in [5.74, 6) is 0.310. The quantitative estimate of drug-likeness (QED) is 0.780. The predicted molar refractivity (Wildman–Crippen MR) is 65.4 cm³/mol. The second-order valence-electron chi connectivity index (χ2n) is 3.92. The van der Waals surface area contributed by atoms with Gasteiger partial charge in [0.25, 0.3) is 0 Å². The summed E-state index contributed by atoms with van der Waals surface area (Å²) >= 11 is 0. The van der Waals surface area contributed by atoms with Crippen molar-refractivity contribution >= 4 is 0 Å². The van der Waals surface area contributed by atoms with Crippen LogP contribution in [0.15, 0.2) is 42.6 Å². The van der Waals surface area contributed by atoms with Gasteiger partial charge in [0, 0.05) is 12.1 Å². The zero-order chi connectivity index (χ0) is 11.4. The van der Waals surface area contributed by atoms with E-state index in [1.807, 2.05) is 12.1 Å². The number of rotatable bonds is 3. The van der Waals surface area contributed by atoms with Gasteiger partial charge in [0.15, 0.2) is 0 Å². The SMILES string of the molecule is CCc1ccccc1C(C)c1cccnn1. The lowest BCUT2D eigenvalue weighted by Gasteiger charge is -2.14. The Bertz CT molecular complexity index is 451. The summed E-state index contributed by atoms with van der Waals surface area (Å²) in [4.78, 5) is 0. The molecule has 0 fully saturated rings. The van der Waals surface area contributed by atoms with Crippen molar-refractivity contribution in [2.75, 3.05) is 0 Å². The maximum absolute atomic E-state index is 4.18. The van der Waals surface area contributed by atoms with Gasteiger partial charge in [-0.1, -0.05) is 38.1 Å². The third-order valence-corrected chi connectivity index (χ3v) is 2.94. The van der Waals surface area contributed by atoms with E-state index in [1.54, 1.807) is 6.20 Å². The van der Waals surface area contributed by atoms with Gasteiger partial charge in [-0.3, -0.25) is 0 Å². The highest BCUT2D eigenvalue weighted by molar-refractivity contribution is 5.34. The summed E-state index contributed by atoms with van der Waals surface area (Å²) in [6.45, 7) is 4.36. The lowest BCUT2D eigenvalue weighted by atomic mass is 9.92. The zero-order valence-electron chi connectivity index (χ0n) is 9.72. The van der Waals surface area contributed by atoms with Gasteiger partial charge < -0.3 is 0 Å². The molecular weight excluding hydrogens is 196 g/mol. The van der Waals surface area contributed by atoms with Crippen LogP contribution < -0.4 is 0 Å². The molecule has 0 saturated heterocycles. The molecule has 1 atom stereocenters. The summed E-state index contributed by atoms with van der Waals surface area (Å²) in [5, 5.41) is 8.12. The average Bonchev–Trinajstić information content (AvgIpc) is 2.39. The van der Waals surface area contributed by atoms with Crippen LogP contribution in [0.2, 0.25) is 0 Å². The molecule has 0 bridgehead atoms. The van der Waals surface area contributed by atoms with Crippen molar-refractivity contribution in [3.05, 3.63) is 59.4 Å². The van der Waals surface area contributed by atoms with E-state index in [2.05, 4.69) is 48.3 Å². The number of nitrogens with zero attached hydrogens (tertiary/aromatic N) is 2. The number of aromatic nitrogens is 2. The second kappa shape index (κ2) is 4.88. The van der Waals surface area contributed by atoms with Gasteiger partial charge in [-0.2, -0.15) is 10.2 Å². The van der Waals surface area contributed by atoms with Gasteiger partial charge in [-0.25, -0.2) is 0 Å². The first-order valence-corrected chi connectivity index (χ1v) is 5.68. The smallest absolute Gasteiger partial charge is 0.0703 e. The summed E-state index contributed by atoms with van der Waals surface area (Å²) in [7, 11) is 0. The minimum absolute atomic E-state index is 0.310. The third kappa shape index (κ3) is 2.11. The van der Waals surface area contributed by atoms with Gasteiger partial charge in [-0.05, 0) is 29.7 Å². The minimum atomic E-state index is 0.310. The molecule has 0 spiro atoms. The van der Waals surface area contributed by atoms with E-state index in [-0.39, 0.29) is 0 Å². The van der Waals surface area contributed by atoms with Gasteiger partial charge >= 0.3 is 0 Å². The lowest BCUT2D eigenvalue weighted by molar-refractivity contribution is 0.810. The number of hydrogen-bond donors (Lipinski definition) is 0. The fourth-order valence-corrected chi connectivity index (χ4v) is 1.98. The molecule has 2 nitrogen and oxygen atoms in total. The Hall–Kier alpha value is -1.70. The minimum Gasteiger partial charge on any atom is -0.159 e. The van der Waals surface area contributed by atoms with Crippen molar-refractivity contribution in [2.45, 2.75) is 26.2 Å². The van der Waals surface area contributed by atoms with Crippen LogP contribution >= 0.6 is 0 Å². The summed E-state index contributed by atoms with van der Waals surface area (Å²) in [6.07, 6.45) is 2.77. The fraction of sp³-hybridized carbons (Fsp3) is 0.286. The maximum atomic E-state index is 4.18. The first-order chi connectivity index (χ1) is 7.83. The van der Waals surface area contributed by atoms with E-state index in [0.717, 1.165) is 12.1 Å². The third-order valence-electron chi connectivity index (χ3n) is 2.94. The molecule has 0 aliphatic rings. The van der Waals surface area contributed by atoms with Gasteiger partial charge in [0.2, 0.25) is 0 Å². The Balaban J connectivity index is 2.37. The molecule has 0 saturated carbocycles. The summed E-state index contributed by atoms with van der Waals surface area (Å²) < 4.78 is 0. The zero-order valence-corrected chi connectivity index (χ0v) is 9.72. The molecule has 1 aromatic carbocycles. The van der Waals surface area contributed by atoms with Crippen LogP contribution in [-0.4, -0.2) is 10.2 Å². The largest absolute Gasteiger partial charge is 0.159 e. The Labute approximate surface area is 96.4 Å². The second-order valence-corrected chi connectivity index (χ2v) is 3.92. The molecular formula is C14H16N2. The van der Waals surface area contributed by atoms with Gasteiger partial charge in [0.1, 0.15) is 0 Å². The monoisotopic (exact) mass is 212 g/mol. The molecule has 0 radical (unpaired) electrons. The molecule has 1 heterocycles. The molecule has 0 aliphatic carbocycles. The van der Waals surface area contributed by atoms with Crippen molar-refractivity contribution < 1.29 is 0 Å². The Morgan fingerprint density at radius 2 is 1.94 bits per heavy atom. The molecule has 2 aromatic rings. The topological polar surface area (TPSA) is 25.8 Å². The van der Waals surface area contributed by atoms with Crippen molar-refractivity contribution in [1.29, 1.82) is 0 Å². The standard InChI is InChI=1S/C14H16N2/c1-3-12-7-4-5-8-13(12)11(2)14-9-6-10-15-16-14/h4-11H,3H2,1-2H3. The molecule has 1 aromatic heterocycles. The molecule has 2 heteroatoms. The normalized spacial score (nSPS) is 12.4. The van der Waals surface area contributed by atoms with Crippen LogP contribution in [0.3, 0.4) is 0 Å². The van der Waals surface area contributed by atoms with Crippen LogP contribution in [0.1, 0.15) is 36.6 Å². The number of hydrogen-bond acceptors (Lipinski definition) is 2. The lowest BCUT2D eigenvalue weighted by Crippen LogP contribution is -2.03. The van der Waals surface area contributed by atoms with Gasteiger partial charge in [0.05, 0.1) is 5.69 Å². The van der Waals surface area contributed by atoms with E-state index in [1.165, 1.54) is 11.1 Å². The van der Waals surface area contributed by atoms with E-state index < -0.39 is 0 Å². The first-order valence-electron chi connectivity index (χ1n) is 5.68.